The molecule has 0 saturated carbocycles. The summed E-state index contributed by atoms with van der Waals surface area (Å²) in [6.45, 7) is 0. The Labute approximate surface area is 73.5 Å². The fraction of sp³-hybridized carbons (Fsp3) is 0. The number of hydrogen-bond donors (Lipinski definition) is 2. The van der Waals surface area contributed by atoms with Gasteiger partial charge in [0.05, 0.1) is 5.52 Å². The fourth-order valence-corrected chi connectivity index (χ4v) is 1.10. The van der Waals surface area contributed by atoms with Crippen LogP contribution in [0.15, 0.2) is 28.8 Å². The van der Waals surface area contributed by atoms with Crippen LogP contribution in [0.4, 0.5) is 0 Å². The molecule has 0 saturated heterocycles. The SMILES string of the molecule is O=C(O)C=Cc1cc2[nH]ccc2o1. The summed E-state index contributed by atoms with van der Waals surface area (Å²) < 4.78 is 5.28. The Morgan fingerprint density at radius 1 is 1.62 bits per heavy atom. The Balaban J connectivity index is 2.34. The quantitative estimate of drug-likeness (QED) is 0.688. The van der Waals surface area contributed by atoms with Gasteiger partial charge in [0.15, 0.2) is 5.58 Å². The number of carboxylic acid groups (broad SMARTS) is 1. The van der Waals surface area contributed by atoms with E-state index in [0.29, 0.717) is 5.76 Å². The molecule has 4 nitrogen and oxygen atoms in total. The number of aromatic nitrogens is 1. The van der Waals surface area contributed by atoms with E-state index in [0.717, 1.165) is 17.2 Å². The minimum Gasteiger partial charge on any atom is -0.478 e. The van der Waals surface area contributed by atoms with Gasteiger partial charge in [-0.15, -0.1) is 0 Å². The second-order valence-electron chi connectivity index (χ2n) is 2.58. The Morgan fingerprint density at radius 2 is 2.46 bits per heavy atom. The molecular weight excluding hydrogens is 170 g/mol. The molecular formula is C9H7NO3. The van der Waals surface area contributed by atoms with Crippen molar-refractivity contribution in [2.45, 2.75) is 0 Å². The van der Waals surface area contributed by atoms with Crippen molar-refractivity contribution >= 4 is 23.1 Å². The molecule has 2 N–H and O–H groups in total. The molecule has 2 heterocycles. The Bertz CT molecular complexity index is 435. The smallest absolute Gasteiger partial charge is 0.328 e. The van der Waals surface area contributed by atoms with Gasteiger partial charge in [-0.2, -0.15) is 0 Å². The fourth-order valence-electron chi connectivity index (χ4n) is 1.10. The van der Waals surface area contributed by atoms with Gasteiger partial charge in [0, 0.05) is 18.3 Å². The van der Waals surface area contributed by atoms with Crippen LogP contribution in [0.1, 0.15) is 5.76 Å². The average molecular weight is 177 g/mol. The predicted octanol–water partition coefficient (Wildman–Crippen LogP) is 1.86. The Morgan fingerprint density at radius 3 is 3.15 bits per heavy atom. The summed E-state index contributed by atoms with van der Waals surface area (Å²) in [4.78, 5) is 13.1. The maximum Gasteiger partial charge on any atom is 0.328 e. The van der Waals surface area contributed by atoms with Crippen molar-refractivity contribution in [1.29, 1.82) is 0 Å². The van der Waals surface area contributed by atoms with Crippen LogP contribution in [-0.2, 0) is 4.79 Å². The van der Waals surface area contributed by atoms with Crippen LogP contribution in [0, 0.1) is 0 Å². The van der Waals surface area contributed by atoms with Gasteiger partial charge in [0.25, 0.3) is 0 Å². The minimum atomic E-state index is -0.986. The van der Waals surface area contributed by atoms with Crippen LogP contribution in [0.5, 0.6) is 0 Å². The van der Waals surface area contributed by atoms with E-state index in [1.54, 1.807) is 18.3 Å². The molecule has 0 spiro atoms. The van der Waals surface area contributed by atoms with E-state index in [1.165, 1.54) is 6.08 Å². The molecule has 0 radical (unpaired) electrons. The summed E-state index contributed by atoms with van der Waals surface area (Å²) in [7, 11) is 0. The van der Waals surface area contributed by atoms with Crippen LogP contribution in [0.25, 0.3) is 17.2 Å². The van der Waals surface area contributed by atoms with Gasteiger partial charge >= 0.3 is 5.97 Å². The predicted molar refractivity (Wildman–Crippen MR) is 47.2 cm³/mol. The number of aliphatic carboxylic acids is 1. The largest absolute Gasteiger partial charge is 0.478 e. The molecule has 0 fully saturated rings. The van der Waals surface area contributed by atoms with Crippen LogP contribution in [0.3, 0.4) is 0 Å². The monoisotopic (exact) mass is 177 g/mol. The number of carboxylic acids is 1. The van der Waals surface area contributed by atoms with Crippen molar-refractivity contribution in [3.05, 3.63) is 30.2 Å². The molecule has 0 unspecified atom stereocenters. The highest BCUT2D eigenvalue weighted by molar-refractivity contribution is 5.86. The second-order valence-corrected chi connectivity index (χ2v) is 2.58. The van der Waals surface area contributed by atoms with Gasteiger partial charge in [-0.25, -0.2) is 4.79 Å². The molecule has 13 heavy (non-hydrogen) atoms. The first-order valence-corrected chi connectivity index (χ1v) is 3.73. The molecule has 66 valence electrons. The third kappa shape index (κ3) is 1.46. The first-order valence-electron chi connectivity index (χ1n) is 3.73. The number of carbonyl (C=O) groups is 1. The number of furan rings is 1. The van der Waals surface area contributed by atoms with Crippen molar-refractivity contribution in [2.24, 2.45) is 0 Å². The van der Waals surface area contributed by atoms with Crippen LogP contribution in [0.2, 0.25) is 0 Å². The maximum absolute atomic E-state index is 10.2. The van der Waals surface area contributed by atoms with Gasteiger partial charge in [0.2, 0.25) is 0 Å². The number of rotatable bonds is 2. The highest BCUT2D eigenvalue weighted by Gasteiger charge is 2.00. The molecule has 0 aromatic carbocycles. The van der Waals surface area contributed by atoms with E-state index < -0.39 is 5.97 Å². The average Bonchev–Trinajstić information content (AvgIpc) is 2.58. The van der Waals surface area contributed by atoms with E-state index in [4.69, 9.17) is 9.52 Å². The van der Waals surface area contributed by atoms with E-state index in [-0.39, 0.29) is 0 Å². The van der Waals surface area contributed by atoms with Crippen molar-refractivity contribution in [2.75, 3.05) is 0 Å². The number of aromatic amines is 1. The van der Waals surface area contributed by atoms with Crippen LogP contribution in [-0.4, -0.2) is 16.1 Å². The molecule has 0 aliphatic rings. The molecule has 2 rings (SSSR count). The third-order valence-corrected chi connectivity index (χ3v) is 1.64. The number of hydrogen-bond acceptors (Lipinski definition) is 2. The summed E-state index contributed by atoms with van der Waals surface area (Å²) >= 11 is 0. The first kappa shape index (κ1) is 7.67. The molecule has 0 amide bonds. The maximum atomic E-state index is 10.2. The molecule has 0 aliphatic carbocycles. The zero-order valence-electron chi connectivity index (χ0n) is 6.65. The summed E-state index contributed by atoms with van der Waals surface area (Å²) in [6.07, 6.45) is 4.22. The van der Waals surface area contributed by atoms with E-state index in [2.05, 4.69) is 4.98 Å². The lowest BCUT2D eigenvalue weighted by molar-refractivity contribution is -0.131. The van der Waals surface area contributed by atoms with Crippen molar-refractivity contribution in [3.63, 3.8) is 0 Å². The lowest BCUT2D eigenvalue weighted by Crippen LogP contribution is -1.84. The van der Waals surface area contributed by atoms with Crippen molar-refractivity contribution in [3.8, 4) is 0 Å². The first-order chi connectivity index (χ1) is 6.25. The van der Waals surface area contributed by atoms with Crippen LogP contribution >= 0.6 is 0 Å². The molecule has 2 aromatic heterocycles. The minimum absolute atomic E-state index is 0.532. The van der Waals surface area contributed by atoms with E-state index >= 15 is 0 Å². The van der Waals surface area contributed by atoms with Gasteiger partial charge in [-0.3, -0.25) is 0 Å². The number of H-pyrrole nitrogens is 1. The van der Waals surface area contributed by atoms with Gasteiger partial charge in [-0.05, 0) is 12.1 Å². The van der Waals surface area contributed by atoms with Crippen LogP contribution < -0.4 is 0 Å². The lowest BCUT2D eigenvalue weighted by atomic mass is 10.4. The standard InChI is InChI=1S/C9H7NO3/c11-9(12)2-1-6-5-7-8(13-6)3-4-10-7/h1-5,10H,(H,11,12). The highest BCUT2D eigenvalue weighted by Crippen LogP contribution is 2.18. The van der Waals surface area contributed by atoms with Gasteiger partial charge < -0.3 is 14.5 Å². The molecule has 0 bridgehead atoms. The summed E-state index contributed by atoms with van der Waals surface area (Å²) in [5.74, 6) is -0.454. The van der Waals surface area contributed by atoms with Crippen molar-refractivity contribution < 1.29 is 14.3 Å². The van der Waals surface area contributed by atoms with E-state index in [1.807, 2.05) is 0 Å². The third-order valence-electron chi connectivity index (χ3n) is 1.64. The number of nitrogens with one attached hydrogen (secondary N) is 1. The molecule has 4 heteroatoms. The topological polar surface area (TPSA) is 66.2 Å². The molecule has 0 aliphatic heterocycles. The summed E-state index contributed by atoms with van der Waals surface area (Å²) in [5, 5.41) is 8.36. The highest BCUT2D eigenvalue weighted by atomic mass is 16.4. The zero-order chi connectivity index (χ0) is 9.26. The van der Waals surface area contributed by atoms with E-state index in [9.17, 15) is 4.79 Å². The zero-order valence-corrected chi connectivity index (χ0v) is 6.65. The lowest BCUT2D eigenvalue weighted by Gasteiger charge is -1.80. The number of fused-ring (bicyclic) bond motifs is 1. The van der Waals surface area contributed by atoms with Crippen molar-refractivity contribution in [1.82, 2.24) is 4.98 Å². The Kier molecular flexibility index (Phi) is 1.66. The van der Waals surface area contributed by atoms with Gasteiger partial charge in [-0.1, -0.05) is 0 Å². The molecule has 2 aromatic rings. The second kappa shape index (κ2) is 2.82. The summed E-state index contributed by atoms with van der Waals surface area (Å²) in [5.41, 5.74) is 1.59. The van der Waals surface area contributed by atoms with Gasteiger partial charge in [0.1, 0.15) is 5.76 Å². The molecule has 0 atom stereocenters. The summed E-state index contributed by atoms with van der Waals surface area (Å²) in [6, 6.07) is 3.53. The normalized spacial score (nSPS) is 11.4. The Hall–Kier alpha value is -1.97.